The van der Waals surface area contributed by atoms with Crippen LogP contribution in [0.2, 0.25) is 0 Å². The predicted molar refractivity (Wildman–Crippen MR) is 110 cm³/mol. The minimum atomic E-state index is -0.484. The number of thioether (sulfide) groups is 1. The van der Waals surface area contributed by atoms with Gasteiger partial charge >= 0.3 is 6.03 Å². The van der Waals surface area contributed by atoms with Gasteiger partial charge in [-0.1, -0.05) is 12.1 Å². The summed E-state index contributed by atoms with van der Waals surface area (Å²) >= 11 is 1.38. The van der Waals surface area contributed by atoms with Gasteiger partial charge in [-0.2, -0.15) is 0 Å². The van der Waals surface area contributed by atoms with Crippen molar-refractivity contribution in [1.82, 2.24) is 25.8 Å². The quantitative estimate of drug-likeness (QED) is 0.615. The van der Waals surface area contributed by atoms with E-state index in [1.165, 1.54) is 30.9 Å². The second-order valence-corrected chi connectivity index (χ2v) is 9.17. The van der Waals surface area contributed by atoms with Crippen LogP contribution >= 0.6 is 11.8 Å². The zero-order chi connectivity index (χ0) is 21.4. The zero-order valence-electron chi connectivity index (χ0n) is 16.9. The molecule has 0 spiro atoms. The van der Waals surface area contributed by atoms with Crippen molar-refractivity contribution in [2.75, 3.05) is 19.8 Å². The highest BCUT2D eigenvalue weighted by Gasteiger charge is 2.52. The Bertz CT molecular complexity index is 834. The molecule has 4 rings (SSSR count). The third-order valence-corrected chi connectivity index (χ3v) is 7.09. The summed E-state index contributed by atoms with van der Waals surface area (Å²) in [5, 5.41) is 9.44. The first-order valence-corrected chi connectivity index (χ1v) is 11.1. The van der Waals surface area contributed by atoms with Gasteiger partial charge in [-0.25, -0.2) is 9.18 Å². The van der Waals surface area contributed by atoms with E-state index in [1.807, 2.05) is 0 Å². The molecule has 0 radical (unpaired) electrons. The Kier molecular flexibility index (Phi) is 5.99. The summed E-state index contributed by atoms with van der Waals surface area (Å²) in [6, 6.07) is 5.65. The van der Waals surface area contributed by atoms with Crippen LogP contribution < -0.4 is 16.0 Å². The second kappa shape index (κ2) is 8.52. The van der Waals surface area contributed by atoms with Crippen LogP contribution in [0.4, 0.5) is 9.18 Å². The Labute approximate surface area is 178 Å². The first kappa shape index (κ1) is 21.1. The first-order chi connectivity index (χ1) is 14.3. The maximum atomic E-state index is 13.0. The van der Waals surface area contributed by atoms with Crippen LogP contribution in [0.1, 0.15) is 18.4 Å². The third-order valence-electron chi connectivity index (χ3n) is 5.87. The van der Waals surface area contributed by atoms with E-state index in [9.17, 15) is 18.8 Å². The van der Waals surface area contributed by atoms with E-state index < -0.39 is 12.1 Å². The lowest BCUT2D eigenvalue weighted by Gasteiger charge is -2.50. The molecule has 30 heavy (non-hydrogen) atoms. The van der Waals surface area contributed by atoms with Crippen LogP contribution in [0.3, 0.4) is 0 Å². The number of hydrogen-bond donors (Lipinski definition) is 3. The van der Waals surface area contributed by atoms with Gasteiger partial charge in [0.25, 0.3) is 0 Å². The largest absolute Gasteiger partial charge is 0.351 e. The van der Waals surface area contributed by atoms with Gasteiger partial charge in [-0.15, -0.1) is 11.8 Å². The molecule has 2 heterocycles. The van der Waals surface area contributed by atoms with E-state index in [0.717, 1.165) is 23.3 Å². The molecule has 1 aliphatic carbocycles. The average Bonchev–Trinajstić information content (AvgIpc) is 3.59. The van der Waals surface area contributed by atoms with Gasteiger partial charge in [0.1, 0.15) is 5.82 Å². The van der Waals surface area contributed by atoms with Crippen LogP contribution in [0.25, 0.3) is 0 Å². The van der Waals surface area contributed by atoms with E-state index in [2.05, 4.69) is 16.0 Å². The van der Waals surface area contributed by atoms with E-state index in [-0.39, 0.29) is 41.0 Å². The summed E-state index contributed by atoms with van der Waals surface area (Å²) in [4.78, 5) is 40.3. The lowest BCUT2D eigenvalue weighted by Crippen LogP contribution is -2.74. The van der Waals surface area contributed by atoms with E-state index >= 15 is 0 Å². The molecular weight excluding hydrogens is 409 g/mol. The molecule has 0 bridgehead atoms. The molecule has 3 fully saturated rings. The van der Waals surface area contributed by atoms with E-state index in [1.54, 1.807) is 24.1 Å². The van der Waals surface area contributed by atoms with Crippen LogP contribution in [0.15, 0.2) is 24.3 Å². The number of halogens is 1. The Morgan fingerprint density at radius 1 is 1.20 bits per heavy atom. The third kappa shape index (κ3) is 4.30. The van der Waals surface area contributed by atoms with Crippen molar-refractivity contribution in [3.8, 4) is 0 Å². The number of benzene rings is 1. The van der Waals surface area contributed by atoms with Gasteiger partial charge in [-0.3, -0.25) is 25.1 Å². The number of imide groups is 1. The van der Waals surface area contributed by atoms with Crippen molar-refractivity contribution in [3.63, 3.8) is 0 Å². The molecule has 162 valence electrons. The van der Waals surface area contributed by atoms with Crippen molar-refractivity contribution >= 4 is 29.6 Å². The number of amides is 4. The topological polar surface area (TPSA) is 93.8 Å². The summed E-state index contributed by atoms with van der Waals surface area (Å²) in [7, 11) is 3.18. The van der Waals surface area contributed by atoms with Crippen molar-refractivity contribution in [2.24, 2.45) is 11.8 Å². The van der Waals surface area contributed by atoms with E-state index in [0.29, 0.717) is 12.5 Å². The smallest absolute Gasteiger partial charge is 0.327 e. The number of carbonyl (C=O) groups is 3. The SMILES string of the molecule is CN1C(=O)C2C(SCC(=O)NCc3ccc(F)cc3)NC(C3CC3)NC2N(C)C1=O. The zero-order valence-corrected chi connectivity index (χ0v) is 17.7. The first-order valence-electron chi connectivity index (χ1n) is 10.0. The molecule has 3 aliphatic rings. The van der Waals surface area contributed by atoms with Crippen molar-refractivity contribution in [2.45, 2.75) is 37.1 Å². The molecule has 8 nitrogen and oxygen atoms in total. The van der Waals surface area contributed by atoms with Gasteiger partial charge in [0.15, 0.2) is 0 Å². The van der Waals surface area contributed by atoms with Crippen molar-refractivity contribution in [1.29, 1.82) is 0 Å². The summed E-state index contributed by atoms with van der Waals surface area (Å²) < 4.78 is 13.0. The minimum Gasteiger partial charge on any atom is -0.351 e. The monoisotopic (exact) mass is 435 g/mol. The normalized spacial score (nSPS) is 29.0. The van der Waals surface area contributed by atoms with E-state index in [4.69, 9.17) is 0 Å². The number of urea groups is 1. The molecule has 4 atom stereocenters. The Balaban J connectivity index is 1.39. The fourth-order valence-electron chi connectivity index (χ4n) is 3.95. The lowest BCUT2D eigenvalue weighted by atomic mass is 9.96. The van der Waals surface area contributed by atoms with Crippen molar-refractivity contribution in [3.05, 3.63) is 35.6 Å². The Hall–Kier alpha value is -2.17. The van der Waals surface area contributed by atoms with Gasteiger partial charge in [0, 0.05) is 20.6 Å². The van der Waals surface area contributed by atoms with Crippen LogP contribution in [-0.4, -0.2) is 65.2 Å². The minimum absolute atomic E-state index is 0.0116. The molecule has 10 heteroatoms. The fraction of sp³-hybridized carbons (Fsp3) is 0.550. The van der Waals surface area contributed by atoms with Crippen LogP contribution in [-0.2, 0) is 16.1 Å². The Morgan fingerprint density at radius 2 is 1.90 bits per heavy atom. The number of rotatable bonds is 6. The summed E-state index contributed by atoms with van der Waals surface area (Å²) in [5.41, 5.74) is 0.813. The molecule has 1 aromatic rings. The maximum absolute atomic E-state index is 13.0. The van der Waals surface area contributed by atoms with Crippen LogP contribution in [0, 0.1) is 17.7 Å². The highest BCUT2D eigenvalue weighted by molar-refractivity contribution is 8.00. The number of nitrogens with zero attached hydrogens (tertiary/aromatic N) is 2. The Morgan fingerprint density at radius 3 is 2.57 bits per heavy atom. The highest BCUT2D eigenvalue weighted by atomic mass is 32.2. The molecular formula is C20H26FN5O3S. The number of hydrogen-bond acceptors (Lipinski definition) is 6. The summed E-state index contributed by atoms with van der Waals surface area (Å²) in [5.74, 6) is -0.564. The van der Waals surface area contributed by atoms with Gasteiger partial charge in [-0.05, 0) is 36.5 Å². The number of carbonyl (C=O) groups excluding carboxylic acids is 3. The van der Waals surface area contributed by atoms with Gasteiger partial charge in [0.05, 0.1) is 29.4 Å². The molecule has 2 saturated heterocycles. The standard InChI is InChI=1S/C20H26FN5O3S/c1-25-17-15(19(28)26(2)20(25)29)18(24-16(23-17)12-5-6-12)30-10-14(27)22-9-11-3-7-13(21)8-4-11/h3-4,7-8,12,15-18,23-24H,5-6,9-10H2,1-2H3,(H,22,27). The lowest BCUT2D eigenvalue weighted by molar-refractivity contribution is -0.140. The number of nitrogens with one attached hydrogen (secondary N) is 3. The average molecular weight is 436 g/mol. The molecule has 1 saturated carbocycles. The molecule has 3 N–H and O–H groups in total. The molecule has 2 aliphatic heterocycles. The molecule has 1 aromatic carbocycles. The predicted octanol–water partition coefficient (Wildman–Crippen LogP) is 0.896. The maximum Gasteiger partial charge on any atom is 0.327 e. The fourth-order valence-corrected chi connectivity index (χ4v) is 5.09. The van der Waals surface area contributed by atoms with Crippen molar-refractivity contribution < 1.29 is 18.8 Å². The second-order valence-electron chi connectivity index (χ2n) is 8.04. The highest BCUT2D eigenvalue weighted by Crippen LogP contribution is 2.38. The molecule has 4 amide bonds. The van der Waals surface area contributed by atoms with Gasteiger partial charge < -0.3 is 10.2 Å². The molecule has 4 unspecified atom stereocenters. The summed E-state index contributed by atoms with van der Waals surface area (Å²) in [6.45, 7) is 0.314. The summed E-state index contributed by atoms with van der Waals surface area (Å²) in [6.07, 6.45) is 1.82. The number of fused-ring (bicyclic) bond motifs is 1. The molecule has 0 aromatic heterocycles. The van der Waals surface area contributed by atoms with Crippen LogP contribution in [0.5, 0.6) is 0 Å². The van der Waals surface area contributed by atoms with Gasteiger partial charge in [0.2, 0.25) is 11.8 Å².